The van der Waals surface area contributed by atoms with Crippen molar-refractivity contribution in [2.24, 2.45) is 0 Å². The zero-order chi connectivity index (χ0) is 20.8. The van der Waals surface area contributed by atoms with Gasteiger partial charge >= 0.3 is 0 Å². The van der Waals surface area contributed by atoms with Crippen molar-refractivity contribution in [2.75, 3.05) is 40.3 Å². The second-order valence-electron chi connectivity index (χ2n) is 8.81. The Morgan fingerprint density at radius 3 is 1.93 bits per heavy atom. The first-order chi connectivity index (χ1) is 13.6. The van der Waals surface area contributed by atoms with E-state index in [4.69, 9.17) is 4.84 Å². The van der Waals surface area contributed by atoms with E-state index in [9.17, 15) is 0 Å². The highest BCUT2D eigenvalue weighted by molar-refractivity contribution is 4.81. The minimum Gasteiger partial charge on any atom is -1.00 e. The maximum atomic E-state index is 5.53. The Morgan fingerprint density at radius 1 is 0.793 bits per heavy atom. The van der Waals surface area contributed by atoms with Crippen LogP contribution in [0, 0.1) is 0 Å². The van der Waals surface area contributed by atoms with E-state index in [0.717, 1.165) is 37.1 Å². The van der Waals surface area contributed by atoms with Crippen molar-refractivity contribution in [3.8, 4) is 0 Å². The van der Waals surface area contributed by atoms with Crippen LogP contribution in [-0.4, -0.2) is 44.8 Å². The van der Waals surface area contributed by atoms with E-state index in [0.29, 0.717) is 0 Å². The van der Waals surface area contributed by atoms with E-state index in [-0.39, 0.29) is 12.4 Å². The largest absolute Gasteiger partial charge is 1.00 e. The van der Waals surface area contributed by atoms with Crippen LogP contribution in [0.4, 0.5) is 0 Å². The number of hydroxylamine groups is 1. The number of hydrogen-bond donors (Lipinski definition) is 1. The van der Waals surface area contributed by atoms with Crippen molar-refractivity contribution in [3.63, 3.8) is 0 Å². The van der Waals surface area contributed by atoms with Crippen molar-refractivity contribution in [1.82, 2.24) is 5.48 Å². The van der Waals surface area contributed by atoms with Crippen LogP contribution < -0.4 is 17.9 Å². The van der Waals surface area contributed by atoms with Crippen LogP contribution >= 0.6 is 0 Å². The van der Waals surface area contributed by atoms with Gasteiger partial charge in [-0.25, -0.2) is 5.48 Å². The standard InChI is InChI=1S/C25H51N2O.ClH/c1-5-7-8-9-10-11-12-13-14-15-16-17-18-19-20-25-28-26-22-21-24-27(3,4)23-6-2;/h6,13-14,26H,2,5,7-12,15-25H2,1,3-4H3;1H/q+1;/p-1/b14-13-;. The summed E-state index contributed by atoms with van der Waals surface area (Å²) in [6, 6.07) is 0. The molecule has 0 aromatic heterocycles. The van der Waals surface area contributed by atoms with Gasteiger partial charge in [0.2, 0.25) is 0 Å². The Morgan fingerprint density at radius 2 is 1.34 bits per heavy atom. The van der Waals surface area contributed by atoms with Gasteiger partial charge in [-0.1, -0.05) is 77.0 Å². The Bertz CT molecular complexity index is 359. The SMILES string of the molecule is C=CC[N+](C)(C)CCCNOCCCCCCC/C=C\CCCCCCCC.[Cl-]. The van der Waals surface area contributed by atoms with Gasteiger partial charge in [0.1, 0.15) is 0 Å². The van der Waals surface area contributed by atoms with Gasteiger partial charge in [-0.05, 0) is 38.2 Å². The predicted octanol–water partition coefficient (Wildman–Crippen LogP) is 3.81. The highest BCUT2D eigenvalue weighted by Gasteiger charge is 2.11. The van der Waals surface area contributed by atoms with E-state index >= 15 is 0 Å². The molecule has 0 unspecified atom stereocenters. The molecule has 0 aliphatic carbocycles. The fourth-order valence-corrected chi connectivity index (χ4v) is 3.41. The lowest BCUT2D eigenvalue weighted by Gasteiger charge is -2.28. The molecule has 0 aliphatic heterocycles. The maximum Gasteiger partial charge on any atom is 0.0966 e. The van der Waals surface area contributed by atoms with Crippen LogP contribution in [0.15, 0.2) is 24.8 Å². The Hall–Kier alpha value is -0.350. The van der Waals surface area contributed by atoms with Gasteiger partial charge < -0.3 is 21.7 Å². The number of allylic oxidation sites excluding steroid dienone is 2. The molecule has 29 heavy (non-hydrogen) atoms. The average molecular weight is 431 g/mol. The summed E-state index contributed by atoms with van der Waals surface area (Å²) in [7, 11) is 4.49. The maximum absolute atomic E-state index is 5.53. The number of quaternary nitrogens is 1. The number of hydrogen-bond acceptors (Lipinski definition) is 2. The highest BCUT2D eigenvalue weighted by Crippen LogP contribution is 2.09. The third-order valence-corrected chi connectivity index (χ3v) is 5.28. The summed E-state index contributed by atoms with van der Waals surface area (Å²) in [5.74, 6) is 0. The van der Waals surface area contributed by atoms with Crippen LogP contribution in [0.3, 0.4) is 0 Å². The Kier molecular flexibility index (Phi) is 25.4. The van der Waals surface area contributed by atoms with Crippen LogP contribution in [0.2, 0.25) is 0 Å². The lowest BCUT2D eigenvalue weighted by atomic mass is 10.1. The van der Waals surface area contributed by atoms with Crippen LogP contribution in [-0.2, 0) is 4.84 Å². The van der Waals surface area contributed by atoms with E-state index in [1.165, 1.54) is 83.5 Å². The molecular formula is C25H51ClN2O. The molecule has 0 saturated heterocycles. The molecule has 0 spiro atoms. The average Bonchev–Trinajstić information content (AvgIpc) is 2.66. The van der Waals surface area contributed by atoms with Gasteiger partial charge in [0.25, 0.3) is 0 Å². The van der Waals surface area contributed by atoms with E-state index in [1.807, 2.05) is 6.08 Å². The number of likely N-dealkylation sites (N-methyl/N-ethyl adjacent to an activating group) is 1. The number of nitrogens with zero attached hydrogens (tertiary/aromatic N) is 1. The van der Waals surface area contributed by atoms with Crippen molar-refractivity contribution >= 4 is 0 Å². The number of unbranched alkanes of at least 4 members (excludes halogenated alkanes) is 11. The molecule has 174 valence electrons. The monoisotopic (exact) mass is 430 g/mol. The van der Waals surface area contributed by atoms with Gasteiger partial charge in [-0.3, -0.25) is 0 Å². The molecule has 4 heteroatoms. The number of halogens is 1. The van der Waals surface area contributed by atoms with E-state index < -0.39 is 0 Å². The van der Waals surface area contributed by atoms with E-state index in [1.54, 1.807) is 0 Å². The van der Waals surface area contributed by atoms with Crippen LogP contribution in [0.25, 0.3) is 0 Å². The molecule has 0 aromatic carbocycles. The number of rotatable bonds is 22. The van der Waals surface area contributed by atoms with Gasteiger partial charge in [0.15, 0.2) is 0 Å². The van der Waals surface area contributed by atoms with Gasteiger partial charge in [0.05, 0.1) is 33.8 Å². The molecular weight excluding hydrogens is 380 g/mol. The summed E-state index contributed by atoms with van der Waals surface area (Å²) in [4.78, 5) is 5.53. The summed E-state index contributed by atoms with van der Waals surface area (Å²) >= 11 is 0. The quantitative estimate of drug-likeness (QED) is 0.122. The zero-order valence-electron chi connectivity index (χ0n) is 19.9. The topological polar surface area (TPSA) is 21.3 Å². The van der Waals surface area contributed by atoms with Gasteiger partial charge in [-0.15, -0.1) is 0 Å². The summed E-state index contributed by atoms with van der Waals surface area (Å²) in [6.45, 7) is 10.0. The normalized spacial score (nSPS) is 11.7. The Labute approximate surface area is 189 Å². The molecule has 1 N–H and O–H groups in total. The van der Waals surface area contributed by atoms with Crippen molar-refractivity contribution in [1.29, 1.82) is 0 Å². The second kappa shape index (κ2) is 23.9. The predicted molar refractivity (Wildman–Crippen MR) is 125 cm³/mol. The lowest BCUT2D eigenvalue weighted by Crippen LogP contribution is -3.00. The first kappa shape index (κ1) is 30.8. The molecule has 3 nitrogen and oxygen atoms in total. The zero-order valence-corrected chi connectivity index (χ0v) is 20.7. The van der Waals surface area contributed by atoms with Crippen molar-refractivity contribution in [2.45, 2.75) is 96.8 Å². The fraction of sp³-hybridized carbons (Fsp3) is 0.840. The molecule has 0 amide bonds. The lowest BCUT2D eigenvalue weighted by molar-refractivity contribution is -0.884. The molecule has 0 fully saturated rings. The summed E-state index contributed by atoms with van der Waals surface area (Å²) in [5.41, 5.74) is 3.10. The summed E-state index contributed by atoms with van der Waals surface area (Å²) in [6.07, 6.45) is 25.3. The molecule has 0 aromatic rings. The van der Waals surface area contributed by atoms with Crippen molar-refractivity contribution < 1.29 is 21.7 Å². The van der Waals surface area contributed by atoms with Gasteiger partial charge in [0, 0.05) is 13.0 Å². The fourth-order valence-electron chi connectivity index (χ4n) is 3.41. The minimum absolute atomic E-state index is 0. The molecule has 0 saturated carbocycles. The molecule has 0 bridgehead atoms. The van der Waals surface area contributed by atoms with Gasteiger partial charge in [-0.2, -0.15) is 0 Å². The van der Waals surface area contributed by atoms with Crippen LogP contribution in [0.5, 0.6) is 0 Å². The third-order valence-electron chi connectivity index (χ3n) is 5.28. The van der Waals surface area contributed by atoms with Crippen LogP contribution in [0.1, 0.15) is 96.8 Å². The smallest absolute Gasteiger partial charge is 0.0966 e. The van der Waals surface area contributed by atoms with Crippen molar-refractivity contribution in [3.05, 3.63) is 24.8 Å². The number of nitrogens with one attached hydrogen (secondary N) is 1. The summed E-state index contributed by atoms with van der Waals surface area (Å²) in [5, 5.41) is 0. The molecule has 0 aliphatic rings. The summed E-state index contributed by atoms with van der Waals surface area (Å²) < 4.78 is 0.999. The minimum atomic E-state index is 0. The molecule has 0 atom stereocenters. The highest BCUT2D eigenvalue weighted by atomic mass is 35.5. The third kappa shape index (κ3) is 25.6. The molecule has 0 rings (SSSR count). The first-order valence-electron chi connectivity index (χ1n) is 12.0. The Balaban J connectivity index is 0. The second-order valence-corrected chi connectivity index (χ2v) is 8.81. The first-order valence-corrected chi connectivity index (χ1v) is 12.0. The molecule has 0 heterocycles. The molecule has 0 radical (unpaired) electrons. The van der Waals surface area contributed by atoms with E-state index in [2.05, 4.69) is 45.2 Å².